The Bertz CT molecular complexity index is 2910. The summed E-state index contributed by atoms with van der Waals surface area (Å²) < 4.78 is 29.7. The lowest BCUT2D eigenvalue weighted by Gasteiger charge is -2.29. The van der Waals surface area contributed by atoms with E-state index in [1.807, 2.05) is 114 Å². The molecule has 0 bridgehead atoms. The normalized spacial score (nSPS) is 20.1. The summed E-state index contributed by atoms with van der Waals surface area (Å²) >= 11 is 6.98. The van der Waals surface area contributed by atoms with E-state index in [1.54, 1.807) is 16.8 Å². The molecule has 4 aliphatic rings. The standard InChI is InChI=1S/C25H34BrN3O5.C18H23N3.C12H13BrN2O2S.C2H6.CH5N/c1-24(2,3)33-22(31)27-13-12-16-15-29(18-10-7-9-17(26)20(16)18)21(30)19-11-8-14-28(19)23(32)34-25(4,5)6;1-12(2)10-13-6-5-9-18(20)16(11-19)21(3)15-8-4-7-14(13)17(15)18;1-12(2,3)18(17)15-10-9-7(13)5-4-6-8(9)14-11(10)16;2*1-2/h7,9-10,15,19H,8,11-14H2,1-6H3,(H,27,31);4,7-8,10,13,16H,5-6,9,20H2,1-3H3;4-6H,1-3H3,(H,14,15,16);1-2H3;2H2,1H3/t19-;13-,16-,18-;18-;;/m010../s1. The fourth-order valence-corrected chi connectivity index (χ4v) is 11.4. The fourth-order valence-electron chi connectivity index (χ4n) is 9.60. The van der Waals surface area contributed by atoms with E-state index in [0.717, 1.165) is 56.8 Å². The van der Waals surface area contributed by atoms with Crippen LogP contribution in [0.25, 0.3) is 10.9 Å². The Labute approximate surface area is 476 Å². The Kier molecular flexibility index (Phi) is 22.5. The molecule has 0 unspecified atom stereocenters. The SMILES string of the molecule is CC.CC(C)(C)OC(=O)NCCc1cn(C(=O)[C@@H]2CCCN2C(=O)OC(C)(C)C)c2cccc(Br)c12.CC(C)(C)[S@](=O)N=C1C(=O)Nc2cccc(Br)c21.CC(C)=C[C@H]1CCC[C@]2(N)c3c1cccc3N(C)[C@@H]2C#N.CN. The summed E-state index contributed by atoms with van der Waals surface area (Å²) in [6.07, 6.45) is 8.10. The number of carbonyl (C=O) groups is 4. The molecule has 0 spiro atoms. The molecule has 1 saturated heterocycles. The number of aromatic nitrogens is 1. The molecule has 16 nitrogen and oxygen atoms in total. The van der Waals surface area contributed by atoms with Gasteiger partial charge < -0.3 is 36.5 Å². The number of likely N-dealkylation sites (tertiary alicyclic amines) is 1. The lowest BCUT2D eigenvalue weighted by molar-refractivity contribution is -0.110. The average molecular weight is 1210 g/mol. The second-order valence-corrected chi connectivity index (χ2v) is 25.7. The van der Waals surface area contributed by atoms with Crippen molar-refractivity contribution in [2.75, 3.05) is 37.4 Å². The molecule has 3 aromatic carbocycles. The molecule has 3 amide bonds. The zero-order valence-corrected chi connectivity index (χ0v) is 51.6. The van der Waals surface area contributed by atoms with Crippen LogP contribution in [0.15, 0.2) is 85.8 Å². The maximum absolute atomic E-state index is 13.6. The largest absolute Gasteiger partial charge is 0.444 e. The highest BCUT2D eigenvalue weighted by atomic mass is 79.9. The molecule has 4 heterocycles. The van der Waals surface area contributed by atoms with Gasteiger partial charge in [-0.3, -0.25) is 19.1 Å². The van der Waals surface area contributed by atoms with Gasteiger partial charge in [-0.15, -0.1) is 0 Å². The molecule has 1 fully saturated rings. The zero-order chi connectivity index (χ0) is 58.0. The fraction of sp³-hybridized carbons (Fsp3) is 0.517. The Morgan fingerprint density at radius 1 is 0.935 bits per heavy atom. The van der Waals surface area contributed by atoms with Crippen molar-refractivity contribution in [1.29, 1.82) is 5.26 Å². The second-order valence-electron chi connectivity index (χ2n) is 22.1. The van der Waals surface area contributed by atoms with Gasteiger partial charge in [0.25, 0.3) is 11.8 Å². The van der Waals surface area contributed by atoms with E-state index in [1.165, 1.54) is 28.6 Å². The van der Waals surface area contributed by atoms with Crippen LogP contribution in [0.5, 0.6) is 0 Å². The van der Waals surface area contributed by atoms with Crippen molar-refractivity contribution in [1.82, 2.24) is 14.8 Å². The summed E-state index contributed by atoms with van der Waals surface area (Å²) in [5.74, 6) is -0.0615. The van der Waals surface area contributed by atoms with Crippen LogP contribution in [0.4, 0.5) is 21.0 Å². The Hall–Kier alpha value is -5.39. The van der Waals surface area contributed by atoms with Crippen LogP contribution in [0.2, 0.25) is 0 Å². The molecule has 19 heteroatoms. The van der Waals surface area contributed by atoms with Gasteiger partial charge in [-0.2, -0.15) is 9.66 Å². The maximum Gasteiger partial charge on any atom is 0.410 e. The van der Waals surface area contributed by atoms with Gasteiger partial charge >= 0.3 is 12.2 Å². The summed E-state index contributed by atoms with van der Waals surface area (Å²) in [5.41, 5.74) is 17.8. The maximum atomic E-state index is 13.6. The van der Waals surface area contributed by atoms with Crippen molar-refractivity contribution in [2.24, 2.45) is 15.9 Å². The number of carbonyl (C=O) groups excluding carboxylic acids is 4. The van der Waals surface area contributed by atoms with Crippen molar-refractivity contribution in [3.63, 3.8) is 0 Å². The summed E-state index contributed by atoms with van der Waals surface area (Å²) in [5, 5.41) is 16.0. The molecule has 4 aromatic rings. The number of hydrogen-bond acceptors (Lipinski definition) is 11. The minimum atomic E-state index is -1.46. The van der Waals surface area contributed by atoms with Crippen molar-refractivity contribution >= 4 is 94.8 Å². The summed E-state index contributed by atoms with van der Waals surface area (Å²) in [7, 11) is 2.03. The van der Waals surface area contributed by atoms with Gasteiger partial charge in [0.2, 0.25) is 0 Å². The lowest BCUT2D eigenvalue weighted by atomic mass is 9.81. The number of ether oxygens (including phenoxy) is 2. The van der Waals surface area contributed by atoms with Crippen molar-refractivity contribution in [2.45, 2.75) is 168 Å². The predicted octanol–water partition coefficient (Wildman–Crippen LogP) is 12.2. The van der Waals surface area contributed by atoms with Crippen LogP contribution < -0.4 is 27.0 Å². The average Bonchev–Trinajstić information content (AvgIpc) is 4.11. The topological polar surface area (TPSA) is 227 Å². The lowest BCUT2D eigenvalue weighted by Crippen LogP contribution is -2.49. The molecular formula is C58H81Br2N9O7S. The first-order chi connectivity index (χ1) is 36.1. The number of anilines is 2. The van der Waals surface area contributed by atoms with E-state index in [9.17, 15) is 28.6 Å². The molecule has 77 heavy (non-hydrogen) atoms. The number of likely N-dealkylation sites (N-methyl/N-ethyl adjacent to an activating group) is 1. The number of nitrogens with zero attached hydrogens (tertiary/aromatic N) is 5. The molecule has 3 aliphatic heterocycles. The number of halogens is 2. The Morgan fingerprint density at radius 3 is 2.17 bits per heavy atom. The van der Waals surface area contributed by atoms with Crippen molar-refractivity contribution < 1.29 is 32.9 Å². The second kappa shape index (κ2) is 27.0. The number of hydrogen-bond donors (Lipinski definition) is 4. The van der Waals surface area contributed by atoms with Gasteiger partial charge in [-0.05, 0) is 157 Å². The van der Waals surface area contributed by atoms with E-state index >= 15 is 0 Å². The van der Waals surface area contributed by atoms with E-state index in [0.29, 0.717) is 43.1 Å². The molecule has 6 N–H and O–H groups in total. The minimum Gasteiger partial charge on any atom is -0.444 e. The first kappa shape index (κ1) is 64.1. The highest BCUT2D eigenvalue weighted by Crippen LogP contribution is 2.51. The van der Waals surface area contributed by atoms with Gasteiger partial charge in [0.15, 0.2) is 0 Å². The quantitative estimate of drug-likeness (QED) is 0.133. The van der Waals surface area contributed by atoms with Gasteiger partial charge in [0, 0.05) is 63.4 Å². The molecule has 1 aromatic heterocycles. The molecule has 5 atom stereocenters. The number of amides is 3. The molecular weight excluding hydrogens is 1130 g/mol. The van der Waals surface area contributed by atoms with E-state index in [2.05, 4.69) is 102 Å². The number of benzene rings is 3. The Balaban J connectivity index is 0.000000255. The van der Waals surface area contributed by atoms with Gasteiger partial charge in [0.05, 0.1) is 27.6 Å². The van der Waals surface area contributed by atoms with Crippen LogP contribution in [0.3, 0.4) is 0 Å². The third-order valence-corrected chi connectivity index (χ3v) is 15.4. The molecule has 1 aliphatic carbocycles. The molecule has 8 rings (SSSR count). The van der Waals surface area contributed by atoms with Crippen LogP contribution in [0, 0.1) is 11.3 Å². The number of fused-ring (bicyclic) bond motifs is 2. The minimum absolute atomic E-state index is 0.169. The number of nitriles is 1. The van der Waals surface area contributed by atoms with Gasteiger partial charge in [-0.25, -0.2) is 13.8 Å². The molecule has 0 saturated carbocycles. The summed E-state index contributed by atoms with van der Waals surface area (Å²) in [6.45, 7) is 25.5. The number of nitrogens with one attached hydrogen (secondary N) is 2. The van der Waals surface area contributed by atoms with Gasteiger partial charge in [-0.1, -0.05) is 88.0 Å². The van der Waals surface area contributed by atoms with Crippen LogP contribution >= 0.6 is 31.9 Å². The number of rotatable bonds is 6. The zero-order valence-electron chi connectivity index (χ0n) is 47.7. The number of allylic oxidation sites excluding steroid dienone is 2. The summed E-state index contributed by atoms with van der Waals surface area (Å²) in [4.78, 5) is 53.8. The van der Waals surface area contributed by atoms with E-state index in [-0.39, 0.29) is 23.6 Å². The van der Waals surface area contributed by atoms with Crippen molar-refractivity contribution in [3.8, 4) is 6.07 Å². The molecule has 420 valence electrons. The van der Waals surface area contributed by atoms with Crippen LogP contribution in [-0.4, -0.2) is 98.6 Å². The highest BCUT2D eigenvalue weighted by molar-refractivity contribution is 9.11. The van der Waals surface area contributed by atoms with Crippen LogP contribution in [-0.2, 0) is 37.2 Å². The molecule has 0 radical (unpaired) electrons. The summed E-state index contributed by atoms with van der Waals surface area (Å²) in [6, 6.07) is 19.1. The van der Waals surface area contributed by atoms with E-state index in [4.69, 9.17) is 15.2 Å². The van der Waals surface area contributed by atoms with E-state index < -0.39 is 50.7 Å². The number of alkyl carbamates (subject to hydrolysis) is 1. The van der Waals surface area contributed by atoms with Crippen molar-refractivity contribution in [3.05, 3.63) is 104 Å². The smallest absolute Gasteiger partial charge is 0.410 e. The first-order valence-electron chi connectivity index (χ1n) is 26.2. The third kappa shape index (κ3) is 15.7. The number of nitrogens with two attached hydrogens (primary N) is 2. The van der Waals surface area contributed by atoms with Gasteiger partial charge in [0.1, 0.15) is 40.0 Å². The van der Waals surface area contributed by atoms with Crippen LogP contribution in [0.1, 0.15) is 155 Å². The first-order valence-corrected chi connectivity index (χ1v) is 28.9. The highest BCUT2D eigenvalue weighted by Gasteiger charge is 2.50. The third-order valence-electron chi connectivity index (χ3n) is 12.7. The predicted molar refractivity (Wildman–Crippen MR) is 319 cm³/mol. The Morgan fingerprint density at radius 2 is 1.56 bits per heavy atom. The monoisotopic (exact) mass is 1210 g/mol.